The minimum Gasteiger partial charge on any atom is -0.338 e. The molecule has 0 aliphatic carbocycles. The van der Waals surface area contributed by atoms with Crippen molar-refractivity contribution in [3.05, 3.63) is 47.1 Å². The lowest BCUT2D eigenvalue weighted by Gasteiger charge is -2.33. The van der Waals surface area contributed by atoms with E-state index in [0.29, 0.717) is 30.6 Å². The first kappa shape index (κ1) is 20.8. The van der Waals surface area contributed by atoms with Crippen LogP contribution >= 0.6 is 0 Å². The van der Waals surface area contributed by atoms with Crippen LogP contribution in [0.15, 0.2) is 28.8 Å². The Hall–Kier alpha value is -1.93. The van der Waals surface area contributed by atoms with Gasteiger partial charge in [0.15, 0.2) is 5.82 Å². The lowest BCUT2D eigenvalue weighted by atomic mass is 9.96. The van der Waals surface area contributed by atoms with E-state index >= 15 is 0 Å². The van der Waals surface area contributed by atoms with E-state index in [2.05, 4.69) is 27.0 Å². The van der Waals surface area contributed by atoms with Gasteiger partial charge in [0.25, 0.3) is 0 Å². The second-order valence-electron chi connectivity index (χ2n) is 7.67. The van der Waals surface area contributed by atoms with Gasteiger partial charge in [-0.15, -0.1) is 0 Å². The zero-order chi connectivity index (χ0) is 20.1. The molecular weight excluding hydrogens is 369 g/mol. The molecule has 154 valence electrons. The molecule has 0 unspecified atom stereocenters. The summed E-state index contributed by atoms with van der Waals surface area (Å²) in [5.74, 6) is 1.90. The first-order chi connectivity index (χ1) is 13.3. The molecule has 1 fully saturated rings. The van der Waals surface area contributed by atoms with Gasteiger partial charge in [0.1, 0.15) is 0 Å². The standard InChI is InChI=1S/C20H27F3N4O/c1-15-24-19(28-25-15)14-26(2)13-17-7-10-27(11-8-17)9-6-16-4-3-5-18(12-16)20(21,22)23/h3-5,12,17H,6-11,13-14H2,1-2H3. The SMILES string of the molecule is Cc1noc(CN(C)CC2CCN(CCc3cccc(C(F)(F)F)c3)CC2)n1. The summed E-state index contributed by atoms with van der Waals surface area (Å²) in [7, 11) is 2.06. The van der Waals surface area contributed by atoms with E-state index in [-0.39, 0.29) is 0 Å². The second kappa shape index (κ2) is 9.05. The highest BCUT2D eigenvalue weighted by molar-refractivity contribution is 5.25. The third kappa shape index (κ3) is 6.04. The van der Waals surface area contributed by atoms with Crippen molar-refractivity contribution in [3.8, 4) is 0 Å². The first-order valence-corrected chi connectivity index (χ1v) is 9.66. The molecule has 2 heterocycles. The zero-order valence-corrected chi connectivity index (χ0v) is 16.4. The van der Waals surface area contributed by atoms with Crippen molar-refractivity contribution in [2.75, 3.05) is 33.2 Å². The lowest BCUT2D eigenvalue weighted by molar-refractivity contribution is -0.137. The molecular formula is C20H27F3N4O. The van der Waals surface area contributed by atoms with E-state index in [4.69, 9.17) is 4.52 Å². The molecule has 0 atom stereocenters. The highest BCUT2D eigenvalue weighted by Gasteiger charge is 2.30. The number of benzene rings is 1. The second-order valence-corrected chi connectivity index (χ2v) is 7.67. The molecule has 0 bridgehead atoms. The number of rotatable bonds is 7. The number of aromatic nitrogens is 2. The quantitative estimate of drug-likeness (QED) is 0.713. The molecule has 1 aromatic heterocycles. The predicted molar refractivity (Wildman–Crippen MR) is 99.7 cm³/mol. The summed E-state index contributed by atoms with van der Waals surface area (Å²) in [5, 5.41) is 3.81. The van der Waals surface area contributed by atoms with E-state index in [1.807, 2.05) is 6.92 Å². The number of alkyl halides is 3. The monoisotopic (exact) mass is 396 g/mol. The largest absolute Gasteiger partial charge is 0.416 e. The summed E-state index contributed by atoms with van der Waals surface area (Å²) in [5.41, 5.74) is 0.176. The summed E-state index contributed by atoms with van der Waals surface area (Å²) in [6.07, 6.45) is -1.45. The maximum atomic E-state index is 12.8. The summed E-state index contributed by atoms with van der Waals surface area (Å²) in [4.78, 5) is 8.78. The fraction of sp³-hybridized carbons (Fsp3) is 0.600. The molecule has 1 saturated heterocycles. The maximum absolute atomic E-state index is 12.8. The average molecular weight is 396 g/mol. The predicted octanol–water partition coefficient (Wildman–Crippen LogP) is 3.78. The number of nitrogens with zero attached hydrogens (tertiary/aromatic N) is 4. The van der Waals surface area contributed by atoms with Crippen LogP contribution in [0, 0.1) is 12.8 Å². The van der Waals surface area contributed by atoms with Crippen LogP contribution in [0.3, 0.4) is 0 Å². The third-order valence-corrected chi connectivity index (χ3v) is 5.22. The van der Waals surface area contributed by atoms with Crippen LogP contribution in [-0.2, 0) is 19.1 Å². The minimum absolute atomic E-state index is 0.566. The van der Waals surface area contributed by atoms with Crippen molar-refractivity contribution in [2.45, 2.75) is 38.9 Å². The van der Waals surface area contributed by atoms with E-state index < -0.39 is 11.7 Å². The van der Waals surface area contributed by atoms with Crippen molar-refractivity contribution in [1.82, 2.24) is 19.9 Å². The van der Waals surface area contributed by atoms with Gasteiger partial charge < -0.3 is 9.42 Å². The number of aryl methyl sites for hydroxylation is 1. The van der Waals surface area contributed by atoms with Gasteiger partial charge in [-0.3, -0.25) is 4.90 Å². The van der Waals surface area contributed by atoms with Crippen molar-refractivity contribution in [1.29, 1.82) is 0 Å². The van der Waals surface area contributed by atoms with Crippen molar-refractivity contribution >= 4 is 0 Å². The number of likely N-dealkylation sites (tertiary alicyclic amines) is 1. The topological polar surface area (TPSA) is 45.4 Å². The maximum Gasteiger partial charge on any atom is 0.416 e. The number of hydrogen-bond donors (Lipinski definition) is 0. The number of piperidine rings is 1. The molecule has 0 radical (unpaired) electrons. The van der Waals surface area contributed by atoms with E-state index in [1.165, 1.54) is 12.1 Å². The minimum atomic E-state index is -4.28. The number of hydrogen-bond acceptors (Lipinski definition) is 5. The average Bonchev–Trinajstić information content (AvgIpc) is 3.05. The van der Waals surface area contributed by atoms with Gasteiger partial charge in [-0.05, 0) is 63.9 Å². The van der Waals surface area contributed by atoms with Crippen LogP contribution in [0.1, 0.15) is 35.7 Å². The summed E-state index contributed by atoms with van der Waals surface area (Å²) < 4.78 is 43.6. The number of halogens is 3. The van der Waals surface area contributed by atoms with Gasteiger partial charge in [0.05, 0.1) is 12.1 Å². The van der Waals surface area contributed by atoms with E-state index in [1.54, 1.807) is 6.07 Å². The molecule has 2 aromatic rings. The first-order valence-electron chi connectivity index (χ1n) is 9.66. The lowest BCUT2D eigenvalue weighted by Crippen LogP contribution is -2.38. The van der Waals surface area contributed by atoms with E-state index in [0.717, 1.165) is 50.7 Å². The summed E-state index contributed by atoms with van der Waals surface area (Å²) in [6, 6.07) is 5.66. The molecule has 1 aliphatic heterocycles. The van der Waals surface area contributed by atoms with Crippen LogP contribution in [0.5, 0.6) is 0 Å². The van der Waals surface area contributed by atoms with Gasteiger partial charge in [0.2, 0.25) is 5.89 Å². The molecule has 0 saturated carbocycles. The highest BCUT2D eigenvalue weighted by Crippen LogP contribution is 2.29. The fourth-order valence-electron chi connectivity index (χ4n) is 3.72. The van der Waals surface area contributed by atoms with Gasteiger partial charge in [-0.1, -0.05) is 23.4 Å². The summed E-state index contributed by atoms with van der Waals surface area (Å²) >= 11 is 0. The smallest absolute Gasteiger partial charge is 0.338 e. The Labute approximate surface area is 163 Å². The highest BCUT2D eigenvalue weighted by atomic mass is 19.4. The molecule has 3 rings (SSSR count). The Balaban J connectivity index is 1.39. The Kier molecular flexibility index (Phi) is 6.72. The molecule has 1 aromatic carbocycles. The Bertz CT molecular complexity index is 754. The van der Waals surface area contributed by atoms with Crippen LogP contribution in [-0.4, -0.2) is 53.2 Å². The van der Waals surface area contributed by atoms with Crippen LogP contribution < -0.4 is 0 Å². The Morgan fingerprint density at radius 3 is 2.64 bits per heavy atom. The van der Waals surface area contributed by atoms with Crippen molar-refractivity contribution < 1.29 is 17.7 Å². The van der Waals surface area contributed by atoms with Gasteiger partial charge >= 0.3 is 6.18 Å². The molecule has 0 amide bonds. The van der Waals surface area contributed by atoms with Crippen LogP contribution in [0.2, 0.25) is 0 Å². The molecule has 8 heteroatoms. The molecule has 0 N–H and O–H groups in total. The van der Waals surface area contributed by atoms with Crippen molar-refractivity contribution in [3.63, 3.8) is 0 Å². The fourth-order valence-corrected chi connectivity index (χ4v) is 3.72. The van der Waals surface area contributed by atoms with Gasteiger partial charge in [0, 0.05) is 13.1 Å². The summed E-state index contributed by atoms with van der Waals surface area (Å²) in [6.45, 7) is 6.20. The Morgan fingerprint density at radius 1 is 1.25 bits per heavy atom. The zero-order valence-electron chi connectivity index (χ0n) is 16.4. The molecule has 28 heavy (non-hydrogen) atoms. The molecule has 5 nitrogen and oxygen atoms in total. The Morgan fingerprint density at radius 2 is 2.00 bits per heavy atom. The third-order valence-electron chi connectivity index (χ3n) is 5.22. The van der Waals surface area contributed by atoms with Crippen LogP contribution in [0.25, 0.3) is 0 Å². The van der Waals surface area contributed by atoms with Gasteiger partial charge in [-0.2, -0.15) is 18.2 Å². The molecule has 1 aliphatic rings. The van der Waals surface area contributed by atoms with Gasteiger partial charge in [-0.25, -0.2) is 0 Å². The van der Waals surface area contributed by atoms with Crippen LogP contribution in [0.4, 0.5) is 13.2 Å². The van der Waals surface area contributed by atoms with Crippen molar-refractivity contribution in [2.24, 2.45) is 5.92 Å². The normalized spacial score (nSPS) is 16.8. The van der Waals surface area contributed by atoms with E-state index in [9.17, 15) is 13.2 Å². The molecule has 0 spiro atoms.